The van der Waals surface area contributed by atoms with Crippen molar-refractivity contribution >= 4 is 27.5 Å². The number of nitrogens with zero attached hydrogens (tertiary/aromatic N) is 2. The van der Waals surface area contributed by atoms with Gasteiger partial charge in [-0.2, -0.15) is 18.2 Å². The zero-order valence-electron chi connectivity index (χ0n) is 10.3. The normalized spacial score (nSPS) is 13.5. The van der Waals surface area contributed by atoms with Crippen LogP contribution in [0.4, 0.5) is 19.1 Å². The molecule has 0 fully saturated rings. The maximum atomic E-state index is 12.5. The predicted molar refractivity (Wildman–Crippen MR) is 67.7 cm³/mol. The molecule has 2 heterocycles. The molecule has 1 atom stereocenters. The van der Waals surface area contributed by atoms with Crippen LogP contribution in [0.15, 0.2) is 11.4 Å². The summed E-state index contributed by atoms with van der Waals surface area (Å²) in [5.74, 6) is 0.217. The third-order valence-corrected chi connectivity index (χ3v) is 3.18. The van der Waals surface area contributed by atoms with Crippen LogP contribution in [0.1, 0.15) is 13.8 Å². The van der Waals surface area contributed by atoms with E-state index in [-0.39, 0.29) is 11.8 Å². The van der Waals surface area contributed by atoms with Crippen LogP contribution in [0.3, 0.4) is 0 Å². The summed E-state index contributed by atoms with van der Waals surface area (Å²) < 4.78 is 42.5. The molecule has 0 aliphatic carbocycles. The lowest BCUT2D eigenvalue weighted by atomic mass is 10.3. The quantitative estimate of drug-likeness (QED) is 0.937. The number of nitrogens with one attached hydrogen (secondary N) is 1. The van der Waals surface area contributed by atoms with Gasteiger partial charge < -0.3 is 10.1 Å². The molecular weight excluding hydrogens is 279 g/mol. The molecular formula is C11H12F3N3OS. The standard InChI is InChI=1S/C11H12F3N3OS/c1-3-15-10-16-8(18-6(2)11(12,13)14)7-4-5-19-9(7)17-10/h4-6H,3H2,1-2H3,(H,15,16,17). The monoisotopic (exact) mass is 291 g/mol. The Bertz CT molecular complexity index is 570. The van der Waals surface area contributed by atoms with Gasteiger partial charge in [0.05, 0.1) is 5.39 Å². The minimum atomic E-state index is -4.42. The minimum Gasteiger partial charge on any atom is -0.464 e. The summed E-state index contributed by atoms with van der Waals surface area (Å²) in [7, 11) is 0. The first-order valence-corrected chi connectivity index (χ1v) is 6.52. The third-order valence-electron chi connectivity index (χ3n) is 2.37. The number of fused-ring (bicyclic) bond motifs is 1. The van der Waals surface area contributed by atoms with Crippen LogP contribution in [0.25, 0.3) is 10.2 Å². The third kappa shape index (κ3) is 3.06. The average molecular weight is 291 g/mol. The molecule has 0 aliphatic heterocycles. The summed E-state index contributed by atoms with van der Waals surface area (Å²) in [5, 5.41) is 5.09. The van der Waals surface area contributed by atoms with Gasteiger partial charge in [0.1, 0.15) is 4.83 Å². The van der Waals surface area contributed by atoms with Gasteiger partial charge in [-0.25, -0.2) is 4.98 Å². The summed E-state index contributed by atoms with van der Waals surface area (Å²) in [5.41, 5.74) is 0. The highest BCUT2D eigenvalue weighted by Crippen LogP contribution is 2.31. The van der Waals surface area contributed by atoms with Crippen LogP contribution in [-0.4, -0.2) is 28.8 Å². The first kappa shape index (κ1) is 13.9. The van der Waals surface area contributed by atoms with Gasteiger partial charge in [-0.1, -0.05) is 0 Å². The number of anilines is 1. The van der Waals surface area contributed by atoms with Gasteiger partial charge in [0.2, 0.25) is 11.8 Å². The molecule has 0 spiro atoms. The first-order valence-electron chi connectivity index (χ1n) is 5.64. The molecule has 1 N–H and O–H groups in total. The summed E-state index contributed by atoms with van der Waals surface area (Å²) in [6.07, 6.45) is -6.34. The lowest BCUT2D eigenvalue weighted by molar-refractivity contribution is -0.189. The minimum absolute atomic E-state index is 0.0491. The molecule has 104 valence electrons. The number of rotatable bonds is 4. The fraction of sp³-hybridized carbons (Fsp3) is 0.455. The molecule has 0 radical (unpaired) electrons. The van der Waals surface area contributed by atoms with E-state index in [2.05, 4.69) is 15.3 Å². The number of hydrogen-bond donors (Lipinski definition) is 1. The SMILES string of the molecule is CCNc1nc(OC(C)C(F)(F)F)c2ccsc2n1. The molecule has 2 aromatic heterocycles. The fourth-order valence-corrected chi connectivity index (χ4v) is 2.14. The van der Waals surface area contributed by atoms with Gasteiger partial charge in [-0.15, -0.1) is 11.3 Å². The number of hydrogen-bond acceptors (Lipinski definition) is 5. The largest absolute Gasteiger partial charge is 0.464 e. The van der Waals surface area contributed by atoms with Crippen LogP contribution < -0.4 is 10.1 Å². The van der Waals surface area contributed by atoms with Crippen molar-refractivity contribution in [2.45, 2.75) is 26.1 Å². The number of halogens is 3. The predicted octanol–water partition coefficient (Wildman–Crippen LogP) is 3.45. The highest BCUT2D eigenvalue weighted by Gasteiger charge is 2.38. The lowest BCUT2D eigenvalue weighted by Crippen LogP contribution is -2.31. The smallest absolute Gasteiger partial charge is 0.425 e. The van der Waals surface area contributed by atoms with E-state index >= 15 is 0 Å². The van der Waals surface area contributed by atoms with Gasteiger partial charge in [0.25, 0.3) is 0 Å². The second-order valence-electron chi connectivity index (χ2n) is 3.82. The molecule has 4 nitrogen and oxygen atoms in total. The molecule has 8 heteroatoms. The molecule has 19 heavy (non-hydrogen) atoms. The maximum Gasteiger partial charge on any atom is 0.425 e. The number of thiophene rings is 1. The van der Waals surface area contributed by atoms with E-state index in [1.807, 2.05) is 6.92 Å². The molecule has 0 saturated carbocycles. The van der Waals surface area contributed by atoms with Crippen LogP contribution in [0.5, 0.6) is 5.88 Å². The molecule has 0 bridgehead atoms. The Balaban J connectivity index is 2.37. The fourth-order valence-electron chi connectivity index (χ4n) is 1.39. The van der Waals surface area contributed by atoms with Crippen molar-refractivity contribution < 1.29 is 17.9 Å². The molecule has 0 amide bonds. The van der Waals surface area contributed by atoms with Crippen molar-refractivity contribution in [1.29, 1.82) is 0 Å². The number of ether oxygens (including phenoxy) is 1. The lowest BCUT2D eigenvalue weighted by Gasteiger charge is -2.17. The Hall–Kier alpha value is -1.57. The van der Waals surface area contributed by atoms with Gasteiger partial charge in [-0.05, 0) is 25.3 Å². The Labute approximate surface area is 111 Å². The average Bonchev–Trinajstić information content (AvgIpc) is 2.76. The summed E-state index contributed by atoms with van der Waals surface area (Å²) >= 11 is 1.32. The maximum absolute atomic E-state index is 12.5. The van der Waals surface area contributed by atoms with Crippen LogP contribution in [-0.2, 0) is 0 Å². The van der Waals surface area contributed by atoms with E-state index in [0.29, 0.717) is 16.8 Å². The Morgan fingerprint density at radius 2 is 2.16 bits per heavy atom. The van der Waals surface area contributed by atoms with Gasteiger partial charge in [0, 0.05) is 6.54 Å². The molecule has 2 aromatic rings. The topological polar surface area (TPSA) is 47.0 Å². The van der Waals surface area contributed by atoms with Crippen molar-refractivity contribution in [3.63, 3.8) is 0 Å². The second kappa shape index (κ2) is 5.20. The second-order valence-corrected chi connectivity index (χ2v) is 4.72. The van der Waals surface area contributed by atoms with Crippen LogP contribution in [0, 0.1) is 0 Å². The number of alkyl halides is 3. The number of aromatic nitrogens is 2. The van der Waals surface area contributed by atoms with E-state index in [1.165, 1.54) is 11.3 Å². The summed E-state index contributed by atoms with van der Waals surface area (Å²) in [6, 6.07) is 1.65. The molecule has 2 rings (SSSR count). The van der Waals surface area contributed by atoms with E-state index in [1.54, 1.807) is 11.4 Å². The van der Waals surface area contributed by atoms with E-state index < -0.39 is 12.3 Å². The van der Waals surface area contributed by atoms with Crippen LogP contribution in [0.2, 0.25) is 0 Å². The molecule has 0 aliphatic rings. The van der Waals surface area contributed by atoms with E-state index in [4.69, 9.17) is 4.74 Å². The van der Waals surface area contributed by atoms with Gasteiger partial charge in [-0.3, -0.25) is 0 Å². The zero-order chi connectivity index (χ0) is 14.0. The Morgan fingerprint density at radius 1 is 1.42 bits per heavy atom. The molecule has 0 saturated heterocycles. The van der Waals surface area contributed by atoms with E-state index in [9.17, 15) is 13.2 Å². The van der Waals surface area contributed by atoms with Crippen molar-refractivity contribution in [1.82, 2.24) is 9.97 Å². The highest BCUT2D eigenvalue weighted by atomic mass is 32.1. The van der Waals surface area contributed by atoms with Crippen molar-refractivity contribution in [3.05, 3.63) is 11.4 Å². The van der Waals surface area contributed by atoms with E-state index in [0.717, 1.165) is 6.92 Å². The molecule has 0 aromatic carbocycles. The van der Waals surface area contributed by atoms with Gasteiger partial charge in [0.15, 0.2) is 6.10 Å². The van der Waals surface area contributed by atoms with Gasteiger partial charge >= 0.3 is 6.18 Å². The Morgan fingerprint density at radius 3 is 2.79 bits per heavy atom. The molecule has 1 unspecified atom stereocenters. The highest BCUT2D eigenvalue weighted by molar-refractivity contribution is 7.16. The zero-order valence-corrected chi connectivity index (χ0v) is 11.1. The van der Waals surface area contributed by atoms with Crippen molar-refractivity contribution in [3.8, 4) is 5.88 Å². The van der Waals surface area contributed by atoms with Crippen molar-refractivity contribution in [2.24, 2.45) is 0 Å². The Kier molecular flexibility index (Phi) is 3.79. The van der Waals surface area contributed by atoms with Crippen LogP contribution >= 0.6 is 11.3 Å². The summed E-state index contributed by atoms with van der Waals surface area (Å²) in [6.45, 7) is 3.37. The van der Waals surface area contributed by atoms with Crippen molar-refractivity contribution in [2.75, 3.05) is 11.9 Å². The first-order chi connectivity index (χ1) is 8.91. The summed E-state index contributed by atoms with van der Waals surface area (Å²) in [4.78, 5) is 8.76.